The molecule has 6 heteroatoms. The van der Waals surface area contributed by atoms with Crippen molar-refractivity contribution < 1.29 is 12.8 Å². The van der Waals surface area contributed by atoms with Crippen LogP contribution in [0, 0.1) is 17.1 Å². The van der Waals surface area contributed by atoms with E-state index in [1.165, 1.54) is 18.4 Å². The van der Waals surface area contributed by atoms with Gasteiger partial charge in [0.2, 0.25) is 0 Å². The van der Waals surface area contributed by atoms with Crippen LogP contribution in [0.25, 0.3) is 0 Å². The van der Waals surface area contributed by atoms with Gasteiger partial charge in [0.05, 0.1) is 11.3 Å². The summed E-state index contributed by atoms with van der Waals surface area (Å²) < 4.78 is 35.2. The van der Waals surface area contributed by atoms with Crippen LogP contribution < -0.4 is 5.32 Å². The molecule has 0 bridgehead atoms. The minimum Gasteiger partial charge on any atom is -0.309 e. The number of benzene rings is 1. The fraction of sp³-hybridized carbons (Fsp3) is 0.417. The van der Waals surface area contributed by atoms with Crippen LogP contribution in [0.1, 0.15) is 18.1 Å². The number of nitrogens with zero attached hydrogens (tertiary/aromatic N) is 1. The molecule has 0 aliphatic heterocycles. The SMILES string of the molecule is CC(CS(C)(=O)=O)NCc1ccc(F)c(C#N)c1. The van der Waals surface area contributed by atoms with Crippen molar-refractivity contribution in [2.24, 2.45) is 0 Å². The Hall–Kier alpha value is -1.45. The summed E-state index contributed by atoms with van der Waals surface area (Å²) in [5.74, 6) is -0.510. The van der Waals surface area contributed by atoms with Crippen molar-refractivity contribution in [3.05, 3.63) is 35.1 Å². The summed E-state index contributed by atoms with van der Waals surface area (Å²) in [5, 5.41) is 11.7. The van der Waals surface area contributed by atoms with Crippen LogP contribution in [0.5, 0.6) is 0 Å². The molecule has 0 aliphatic carbocycles. The minimum absolute atomic E-state index is 0.00920. The highest BCUT2D eigenvalue weighted by molar-refractivity contribution is 7.90. The maximum atomic E-state index is 13.1. The summed E-state index contributed by atoms with van der Waals surface area (Å²) >= 11 is 0. The van der Waals surface area contributed by atoms with E-state index in [0.717, 1.165) is 5.56 Å². The van der Waals surface area contributed by atoms with Gasteiger partial charge in [-0.05, 0) is 24.6 Å². The van der Waals surface area contributed by atoms with Crippen LogP contribution >= 0.6 is 0 Å². The molecule has 0 saturated carbocycles. The number of nitriles is 1. The van der Waals surface area contributed by atoms with Gasteiger partial charge >= 0.3 is 0 Å². The number of hydrogen-bond donors (Lipinski definition) is 1. The van der Waals surface area contributed by atoms with E-state index in [4.69, 9.17) is 5.26 Å². The monoisotopic (exact) mass is 270 g/mol. The van der Waals surface area contributed by atoms with E-state index in [9.17, 15) is 12.8 Å². The van der Waals surface area contributed by atoms with E-state index < -0.39 is 15.7 Å². The van der Waals surface area contributed by atoms with Crippen molar-refractivity contribution in [2.45, 2.75) is 19.5 Å². The Morgan fingerprint density at radius 3 is 2.72 bits per heavy atom. The second-order valence-electron chi connectivity index (χ2n) is 4.30. The first-order valence-electron chi connectivity index (χ1n) is 5.41. The standard InChI is InChI=1S/C12H15FN2O2S/c1-9(8-18(2,16)17)15-7-10-3-4-12(13)11(5-10)6-14/h3-5,9,15H,7-8H2,1-2H3. The zero-order chi connectivity index (χ0) is 13.8. The van der Waals surface area contributed by atoms with Crippen LogP contribution in [0.4, 0.5) is 4.39 Å². The first-order chi connectivity index (χ1) is 8.31. The summed E-state index contributed by atoms with van der Waals surface area (Å²) in [7, 11) is -3.02. The van der Waals surface area contributed by atoms with Crippen LogP contribution in [0.15, 0.2) is 18.2 Å². The zero-order valence-corrected chi connectivity index (χ0v) is 11.1. The predicted molar refractivity (Wildman–Crippen MR) is 67.1 cm³/mol. The third kappa shape index (κ3) is 4.82. The first-order valence-corrected chi connectivity index (χ1v) is 7.47. The molecule has 0 radical (unpaired) electrons. The maximum absolute atomic E-state index is 13.1. The molecule has 0 aromatic heterocycles. The van der Waals surface area contributed by atoms with Crippen LogP contribution in [-0.2, 0) is 16.4 Å². The molecule has 4 nitrogen and oxygen atoms in total. The average Bonchev–Trinajstić information content (AvgIpc) is 2.25. The molecule has 0 aliphatic rings. The fourth-order valence-corrected chi connectivity index (χ4v) is 2.60. The number of hydrogen-bond acceptors (Lipinski definition) is 4. The Balaban J connectivity index is 2.62. The van der Waals surface area contributed by atoms with E-state index in [1.54, 1.807) is 19.1 Å². The van der Waals surface area contributed by atoms with Gasteiger partial charge in [-0.1, -0.05) is 6.07 Å². The lowest BCUT2D eigenvalue weighted by atomic mass is 10.1. The van der Waals surface area contributed by atoms with E-state index in [2.05, 4.69) is 5.32 Å². The van der Waals surface area contributed by atoms with E-state index in [0.29, 0.717) is 6.54 Å². The third-order valence-electron chi connectivity index (χ3n) is 2.36. The van der Waals surface area contributed by atoms with Crippen molar-refractivity contribution in [1.29, 1.82) is 5.26 Å². The Bertz CT molecular complexity index is 564. The van der Waals surface area contributed by atoms with Crippen LogP contribution in [-0.4, -0.2) is 26.5 Å². The molecule has 0 amide bonds. The summed E-state index contributed by atoms with van der Waals surface area (Å²) in [4.78, 5) is 0. The molecule has 98 valence electrons. The zero-order valence-electron chi connectivity index (χ0n) is 10.3. The Morgan fingerprint density at radius 1 is 1.50 bits per heavy atom. The lowest BCUT2D eigenvalue weighted by molar-refractivity contribution is 0.559. The lowest BCUT2D eigenvalue weighted by Gasteiger charge is -2.12. The Kier molecular flexibility index (Phi) is 4.82. The number of sulfone groups is 1. The fourth-order valence-electron chi connectivity index (χ4n) is 1.57. The normalized spacial score (nSPS) is 13.0. The summed E-state index contributed by atoms with van der Waals surface area (Å²) in [5.41, 5.74) is 0.735. The molecule has 0 heterocycles. The van der Waals surface area contributed by atoms with Gasteiger partial charge in [0, 0.05) is 18.8 Å². The quantitative estimate of drug-likeness (QED) is 0.873. The molecule has 1 aromatic rings. The highest BCUT2D eigenvalue weighted by Crippen LogP contribution is 2.09. The summed E-state index contributed by atoms with van der Waals surface area (Å²) in [6, 6.07) is 5.82. The average molecular weight is 270 g/mol. The van der Waals surface area contributed by atoms with E-state index >= 15 is 0 Å². The van der Waals surface area contributed by atoms with Gasteiger partial charge in [-0.3, -0.25) is 0 Å². The molecule has 1 aromatic carbocycles. The molecule has 1 N–H and O–H groups in total. The maximum Gasteiger partial charge on any atom is 0.148 e. The van der Waals surface area contributed by atoms with Crippen LogP contribution in [0.2, 0.25) is 0 Å². The van der Waals surface area contributed by atoms with Gasteiger partial charge < -0.3 is 5.32 Å². The smallest absolute Gasteiger partial charge is 0.148 e. The summed E-state index contributed by atoms with van der Waals surface area (Å²) in [6.45, 7) is 2.15. The second-order valence-corrected chi connectivity index (χ2v) is 6.49. The largest absolute Gasteiger partial charge is 0.309 e. The molecular formula is C12H15FN2O2S. The Labute approximate surface area is 106 Å². The second kappa shape index (κ2) is 5.94. The highest BCUT2D eigenvalue weighted by atomic mass is 32.2. The van der Waals surface area contributed by atoms with Crippen molar-refractivity contribution in [1.82, 2.24) is 5.32 Å². The van der Waals surface area contributed by atoms with Crippen molar-refractivity contribution in [3.8, 4) is 6.07 Å². The third-order valence-corrected chi connectivity index (χ3v) is 3.46. The molecule has 0 fully saturated rings. The molecule has 1 atom stereocenters. The van der Waals surface area contributed by atoms with E-state index in [-0.39, 0.29) is 17.4 Å². The molecule has 0 saturated heterocycles. The Morgan fingerprint density at radius 2 is 2.17 bits per heavy atom. The van der Waals surface area contributed by atoms with Gasteiger partial charge in [0.1, 0.15) is 21.7 Å². The molecule has 1 rings (SSSR count). The first kappa shape index (κ1) is 14.6. The van der Waals surface area contributed by atoms with Gasteiger partial charge in [0.15, 0.2) is 0 Å². The number of rotatable bonds is 5. The van der Waals surface area contributed by atoms with Gasteiger partial charge in [-0.25, -0.2) is 12.8 Å². The molecule has 0 spiro atoms. The molecule has 1 unspecified atom stereocenters. The van der Waals surface area contributed by atoms with Crippen molar-refractivity contribution in [2.75, 3.05) is 12.0 Å². The lowest BCUT2D eigenvalue weighted by Crippen LogP contribution is -2.32. The van der Waals surface area contributed by atoms with Crippen molar-refractivity contribution >= 4 is 9.84 Å². The predicted octanol–water partition coefficient (Wildman–Crippen LogP) is 1.22. The molecule has 18 heavy (non-hydrogen) atoms. The van der Waals surface area contributed by atoms with Gasteiger partial charge in [-0.15, -0.1) is 0 Å². The van der Waals surface area contributed by atoms with Crippen molar-refractivity contribution in [3.63, 3.8) is 0 Å². The number of halogens is 1. The highest BCUT2D eigenvalue weighted by Gasteiger charge is 2.10. The topological polar surface area (TPSA) is 70.0 Å². The van der Waals surface area contributed by atoms with Crippen LogP contribution in [0.3, 0.4) is 0 Å². The van der Waals surface area contributed by atoms with Gasteiger partial charge in [0.25, 0.3) is 0 Å². The van der Waals surface area contributed by atoms with E-state index in [1.807, 2.05) is 0 Å². The summed E-state index contributed by atoms with van der Waals surface area (Å²) in [6.07, 6.45) is 1.18. The molecular weight excluding hydrogens is 255 g/mol. The number of nitrogens with one attached hydrogen (secondary N) is 1. The van der Waals surface area contributed by atoms with Gasteiger partial charge in [-0.2, -0.15) is 5.26 Å². The minimum atomic E-state index is -3.02.